The minimum absolute atomic E-state index is 0.0383. The van der Waals surface area contributed by atoms with Gasteiger partial charge < -0.3 is 10.1 Å². The molecule has 0 aliphatic heterocycles. The molecule has 0 radical (unpaired) electrons. The van der Waals surface area contributed by atoms with Crippen LogP contribution in [0.1, 0.15) is 12.5 Å². The molecular formula is C11H12N2O5. The molecule has 1 N–H and O–H groups in total. The minimum atomic E-state index is -1.08. The molecule has 18 heavy (non-hydrogen) atoms. The molecule has 1 aromatic carbocycles. The van der Waals surface area contributed by atoms with Crippen LogP contribution in [-0.4, -0.2) is 23.4 Å². The van der Waals surface area contributed by atoms with E-state index in [1.165, 1.54) is 12.1 Å². The number of nitrogens with one attached hydrogen (secondary N) is 1. The Balaban J connectivity index is 2.94. The van der Waals surface area contributed by atoms with Crippen LogP contribution in [0.3, 0.4) is 0 Å². The molecule has 7 nitrogen and oxygen atoms in total. The van der Waals surface area contributed by atoms with E-state index in [1.54, 1.807) is 19.9 Å². The van der Waals surface area contributed by atoms with Gasteiger partial charge in [0.25, 0.3) is 5.69 Å². The topological polar surface area (TPSA) is 98.5 Å². The number of amides is 1. The fraction of sp³-hybridized carbons (Fsp3) is 0.273. The third-order valence-corrected chi connectivity index (χ3v) is 2.06. The lowest BCUT2D eigenvalue weighted by Gasteiger charge is -2.05. The van der Waals surface area contributed by atoms with E-state index in [9.17, 15) is 19.7 Å². The lowest BCUT2D eigenvalue weighted by Crippen LogP contribution is -2.25. The van der Waals surface area contributed by atoms with Crippen molar-refractivity contribution >= 4 is 23.3 Å². The molecule has 0 bridgehead atoms. The summed E-state index contributed by atoms with van der Waals surface area (Å²) >= 11 is 0. The molecule has 0 aromatic heterocycles. The SMILES string of the molecule is CCOC(=O)C(=O)Nc1ccc(C)cc1[N+](=O)[O-]. The molecule has 1 aromatic rings. The summed E-state index contributed by atoms with van der Waals surface area (Å²) in [5.74, 6) is -2.11. The second kappa shape index (κ2) is 5.76. The van der Waals surface area contributed by atoms with Gasteiger partial charge >= 0.3 is 11.9 Å². The Morgan fingerprint density at radius 1 is 1.44 bits per heavy atom. The van der Waals surface area contributed by atoms with Crippen LogP contribution in [-0.2, 0) is 14.3 Å². The summed E-state index contributed by atoms with van der Waals surface area (Å²) in [5.41, 5.74) is 0.368. The van der Waals surface area contributed by atoms with Gasteiger partial charge in [-0.05, 0) is 25.5 Å². The highest BCUT2D eigenvalue weighted by atomic mass is 16.6. The summed E-state index contributed by atoms with van der Waals surface area (Å²) in [6.07, 6.45) is 0. The van der Waals surface area contributed by atoms with E-state index in [1.807, 2.05) is 0 Å². The largest absolute Gasteiger partial charge is 0.459 e. The van der Waals surface area contributed by atoms with Gasteiger partial charge in [-0.25, -0.2) is 4.79 Å². The molecule has 0 aliphatic carbocycles. The molecule has 0 fully saturated rings. The van der Waals surface area contributed by atoms with Gasteiger partial charge in [-0.2, -0.15) is 0 Å². The van der Waals surface area contributed by atoms with Crippen molar-refractivity contribution in [1.82, 2.24) is 0 Å². The standard InChI is InChI=1S/C11H12N2O5/c1-3-18-11(15)10(14)12-8-5-4-7(2)6-9(8)13(16)17/h4-6H,3H2,1-2H3,(H,12,14). The molecule has 0 aliphatic rings. The van der Waals surface area contributed by atoms with Crippen LogP contribution in [0.4, 0.5) is 11.4 Å². The van der Waals surface area contributed by atoms with Crippen molar-refractivity contribution in [2.75, 3.05) is 11.9 Å². The predicted octanol–water partition coefficient (Wildman–Crippen LogP) is 1.40. The fourth-order valence-corrected chi connectivity index (χ4v) is 1.27. The average molecular weight is 252 g/mol. The second-order valence-corrected chi connectivity index (χ2v) is 3.45. The van der Waals surface area contributed by atoms with Gasteiger partial charge in [0.1, 0.15) is 5.69 Å². The van der Waals surface area contributed by atoms with Gasteiger partial charge in [0.15, 0.2) is 0 Å². The number of benzene rings is 1. The zero-order valence-electron chi connectivity index (χ0n) is 9.93. The summed E-state index contributed by atoms with van der Waals surface area (Å²) in [7, 11) is 0. The molecule has 1 amide bonds. The minimum Gasteiger partial charge on any atom is -0.459 e. The van der Waals surface area contributed by atoms with Crippen LogP contribution in [0.25, 0.3) is 0 Å². The van der Waals surface area contributed by atoms with Gasteiger partial charge in [0.05, 0.1) is 11.5 Å². The number of nitro groups is 1. The van der Waals surface area contributed by atoms with Gasteiger partial charge in [-0.3, -0.25) is 14.9 Å². The van der Waals surface area contributed by atoms with E-state index in [0.717, 1.165) is 0 Å². The van der Waals surface area contributed by atoms with Crippen LogP contribution in [0.15, 0.2) is 18.2 Å². The van der Waals surface area contributed by atoms with Crippen LogP contribution < -0.4 is 5.32 Å². The van der Waals surface area contributed by atoms with E-state index in [2.05, 4.69) is 10.1 Å². The monoisotopic (exact) mass is 252 g/mol. The predicted molar refractivity (Wildman–Crippen MR) is 63.1 cm³/mol. The third kappa shape index (κ3) is 3.27. The van der Waals surface area contributed by atoms with Crippen molar-refractivity contribution in [1.29, 1.82) is 0 Å². The molecule has 0 saturated heterocycles. The highest BCUT2D eigenvalue weighted by Gasteiger charge is 2.20. The van der Waals surface area contributed by atoms with Crippen molar-refractivity contribution < 1.29 is 19.2 Å². The van der Waals surface area contributed by atoms with Gasteiger partial charge in [0.2, 0.25) is 0 Å². The Labute approximate surface area is 103 Å². The molecule has 0 heterocycles. The molecule has 96 valence electrons. The molecule has 0 spiro atoms. The summed E-state index contributed by atoms with van der Waals surface area (Å²) in [5, 5.41) is 12.9. The number of aryl methyl sites for hydroxylation is 1. The lowest BCUT2D eigenvalue weighted by molar-refractivity contribution is -0.384. The third-order valence-electron chi connectivity index (χ3n) is 2.06. The number of anilines is 1. The van der Waals surface area contributed by atoms with E-state index in [0.29, 0.717) is 5.56 Å². The zero-order valence-corrected chi connectivity index (χ0v) is 9.93. The number of nitro benzene ring substituents is 1. The maximum Gasteiger partial charge on any atom is 0.397 e. The highest BCUT2D eigenvalue weighted by molar-refractivity contribution is 6.37. The van der Waals surface area contributed by atoms with Crippen molar-refractivity contribution in [2.45, 2.75) is 13.8 Å². The number of nitrogens with zero attached hydrogens (tertiary/aromatic N) is 1. The first-order valence-corrected chi connectivity index (χ1v) is 5.18. The van der Waals surface area contributed by atoms with Crippen LogP contribution in [0.5, 0.6) is 0 Å². The molecule has 0 saturated carbocycles. The van der Waals surface area contributed by atoms with Gasteiger partial charge in [0, 0.05) is 6.07 Å². The van der Waals surface area contributed by atoms with Gasteiger partial charge in [-0.15, -0.1) is 0 Å². The summed E-state index contributed by atoms with van der Waals surface area (Å²) in [6, 6.07) is 4.26. The average Bonchev–Trinajstić information content (AvgIpc) is 2.31. The molecule has 0 atom stereocenters. The number of rotatable bonds is 3. The van der Waals surface area contributed by atoms with Gasteiger partial charge in [-0.1, -0.05) is 6.07 Å². The Hall–Kier alpha value is -2.44. The van der Waals surface area contributed by atoms with Crippen molar-refractivity contribution in [2.24, 2.45) is 0 Å². The number of ether oxygens (including phenoxy) is 1. The number of esters is 1. The Morgan fingerprint density at radius 2 is 2.11 bits per heavy atom. The number of hydrogen-bond acceptors (Lipinski definition) is 5. The molecule has 0 unspecified atom stereocenters. The van der Waals surface area contributed by atoms with Crippen LogP contribution in [0, 0.1) is 17.0 Å². The normalized spacial score (nSPS) is 9.67. The van der Waals surface area contributed by atoms with E-state index >= 15 is 0 Å². The van der Waals surface area contributed by atoms with E-state index in [4.69, 9.17) is 0 Å². The summed E-state index contributed by atoms with van der Waals surface area (Å²) < 4.78 is 4.48. The van der Waals surface area contributed by atoms with E-state index < -0.39 is 16.8 Å². The summed E-state index contributed by atoms with van der Waals surface area (Å²) in [6.45, 7) is 3.30. The first-order valence-electron chi connectivity index (χ1n) is 5.18. The van der Waals surface area contributed by atoms with Crippen molar-refractivity contribution in [3.05, 3.63) is 33.9 Å². The zero-order chi connectivity index (χ0) is 13.7. The first kappa shape index (κ1) is 13.6. The second-order valence-electron chi connectivity index (χ2n) is 3.45. The van der Waals surface area contributed by atoms with Crippen LogP contribution >= 0.6 is 0 Å². The molecule has 1 rings (SSSR count). The fourth-order valence-electron chi connectivity index (χ4n) is 1.27. The van der Waals surface area contributed by atoms with Crippen molar-refractivity contribution in [3.8, 4) is 0 Å². The number of carbonyl (C=O) groups excluding carboxylic acids is 2. The Kier molecular flexibility index (Phi) is 4.36. The Bertz CT molecular complexity index is 498. The number of carbonyl (C=O) groups is 2. The quantitative estimate of drug-likeness (QED) is 0.379. The number of hydrogen-bond donors (Lipinski definition) is 1. The van der Waals surface area contributed by atoms with Crippen molar-refractivity contribution in [3.63, 3.8) is 0 Å². The van der Waals surface area contributed by atoms with E-state index in [-0.39, 0.29) is 18.0 Å². The summed E-state index contributed by atoms with van der Waals surface area (Å²) in [4.78, 5) is 32.6. The first-order chi connectivity index (χ1) is 8.45. The molecular weight excluding hydrogens is 240 g/mol. The maximum absolute atomic E-state index is 11.4. The highest BCUT2D eigenvalue weighted by Crippen LogP contribution is 2.25. The Morgan fingerprint density at radius 3 is 2.67 bits per heavy atom. The molecule has 7 heteroatoms. The van der Waals surface area contributed by atoms with Crippen LogP contribution in [0.2, 0.25) is 0 Å². The lowest BCUT2D eigenvalue weighted by atomic mass is 10.2. The maximum atomic E-state index is 11.4. The smallest absolute Gasteiger partial charge is 0.397 e.